The Hall–Kier alpha value is -0.940. The van der Waals surface area contributed by atoms with Gasteiger partial charge >= 0.3 is 7.75 Å². The average Bonchev–Trinajstić information content (AvgIpc) is 2.58. The molecule has 2 atom stereocenters. The lowest BCUT2D eigenvalue weighted by Crippen LogP contribution is -2.36. The minimum Gasteiger partial charge on any atom is -0.296 e. The first kappa shape index (κ1) is 18.8. The van der Waals surface area contributed by atoms with E-state index in [9.17, 15) is 4.57 Å². The van der Waals surface area contributed by atoms with Gasteiger partial charge < -0.3 is 0 Å². The van der Waals surface area contributed by atoms with Gasteiger partial charge in [0.1, 0.15) is 11.3 Å². The van der Waals surface area contributed by atoms with Gasteiger partial charge in [-0.3, -0.25) is 9.05 Å². The van der Waals surface area contributed by atoms with Crippen LogP contribution in [0.5, 0.6) is 0 Å². The van der Waals surface area contributed by atoms with Crippen molar-refractivity contribution >= 4 is 30.9 Å². The molecule has 2 unspecified atom stereocenters. The molecular formula is C17H19Cl2N2O3P. The maximum absolute atomic E-state index is 13.0. The van der Waals surface area contributed by atoms with Crippen LogP contribution in [0.3, 0.4) is 0 Å². The molecule has 1 aromatic heterocycles. The number of pyridine rings is 1. The molecule has 0 radical (unpaired) electrons. The number of aromatic nitrogens is 1. The first-order valence-corrected chi connectivity index (χ1v) is 10.1. The minimum absolute atomic E-state index is 0.301. The third-order valence-corrected chi connectivity index (χ3v) is 5.98. The van der Waals surface area contributed by atoms with Gasteiger partial charge in [-0.1, -0.05) is 55.2 Å². The molecule has 1 aliphatic heterocycles. The molecule has 8 heteroatoms. The van der Waals surface area contributed by atoms with Crippen LogP contribution in [0.2, 0.25) is 10.2 Å². The molecule has 134 valence electrons. The number of benzene rings is 1. The SMILES string of the molecule is CC1(C)COP(=O)(NCc2ccc(Cl)nc2)OC1c1ccc(Cl)cc1. The molecule has 0 spiro atoms. The second-order valence-corrected chi connectivity index (χ2v) is 9.22. The maximum Gasteiger partial charge on any atom is 0.406 e. The highest BCUT2D eigenvalue weighted by atomic mass is 35.5. The van der Waals surface area contributed by atoms with Gasteiger partial charge in [-0.25, -0.2) is 14.6 Å². The fourth-order valence-electron chi connectivity index (χ4n) is 2.57. The van der Waals surface area contributed by atoms with Crippen LogP contribution in [0.1, 0.15) is 31.1 Å². The van der Waals surface area contributed by atoms with E-state index in [-0.39, 0.29) is 11.5 Å². The summed E-state index contributed by atoms with van der Waals surface area (Å²) in [4.78, 5) is 4.00. The van der Waals surface area contributed by atoms with Crippen molar-refractivity contribution in [3.63, 3.8) is 0 Å². The van der Waals surface area contributed by atoms with Crippen LogP contribution in [-0.2, 0) is 20.2 Å². The smallest absolute Gasteiger partial charge is 0.296 e. The van der Waals surface area contributed by atoms with Crippen molar-refractivity contribution in [1.82, 2.24) is 10.1 Å². The van der Waals surface area contributed by atoms with Crippen molar-refractivity contribution in [2.45, 2.75) is 26.5 Å². The third-order valence-electron chi connectivity index (χ3n) is 4.00. The highest BCUT2D eigenvalue weighted by Gasteiger charge is 2.45. The Labute approximate surface area is 157 Å². The van der Waals surface area contributed by atoms with Crippen molar-refractivity contribution in [2.24, 2.45) is 5.41 Å². The Morgan fingerprint density at radius 3 is 2.60 bits per heavy atom. The van der Waals surface area contributed by atoms with E-state index in [0.29, 0.717) is 23.3 Å². The number of halogens is 2. The summed E-state index contributed by atoms with van der Waals surface area (Å²) in [5.74, 6) is 0. The van der Waals surface area contributed by atoms with Crippen LogP contribution in [0.25, 0.3) is 0 Å². The number of nitrogens with one attached hydrogen (secondary N) is 1. The second-order valence-electron chi connectivity index (χ2n) is 6.62. The molecule has 1 fully saturated rings. The predicted molar refractivity (Wildman–Crippen MR) is 98.7 cm³/mol. The zero-order chi connectivity index (χ0) is 18.1. The zero-order valence-electron chi connectivity index (χ0n) is 13.9. The van der Waals surface area contributed by atoms with Gasteiger partial charge in [-0.2, -0.15) is 0 Å². The normalized spacial score (nSPS) is 25.7. The Morgan fingerprint density at radius 1 is 1.24 bits per heavy atom. The molecule has 0 amide bonds. The van der Waals surface area contributed by atoms with Crippen LogP contribution < -0.4 is 5.09 Å². The van der Waals surface area contributed by atoms with Crippen LogP contribution in [0, 0.1) is 5.41 Å². The highest BCUT2D eigenvalue weighted by molar-refractivity contribution is 7.51. The number of hydrogen-bond donors (Lipinski definition) is 1. The molecule has 1 aromatic carbocycles. The summed E-state index contributed by atoms with van der Waals surface area (Å²) in [6.45, 7) is 4.64. The van der Waals surface area contributed by atoms with Crippen molar-refractivity contribution in [1.29, 1.82) is 0 Å². The van der Waals surface area contributed by atoms with E-state index in [0.717, 1.165) is 11.1 Å². The molecule has 5 nitrogen and oxygen atoms in total. The molecule has 3 rings (SSSR count). The molecule has 1 N–H and O–H groups in total. The van der Waals surface area contributed by atoms with Gasteiger partial charge in [0.15, 0.2) is 0 Å². The Balaban J connectivity index is 1.75. The third kappa shape index (κ3) is 4.62. The summed E-state index contributed by atoms with van der Waals surface area (Å²) in [6, 6.07) is 10.8. The summed E-state index contributed by atoms with van der Waals surface area (Å²) in [5.41, 5.74) is 1.42. The van der Waals surface area contributed by atoms with E-state index in [2.05, 4.69) is 10.1 Å². The molecule has 1 aliphatic rings. The highest BCUT2D eigenvalue weighted by Crippen LogP contribution is 2.58. The molecule has 0 aliphatic carbocycles. The second kappa shape index (κ2) is 7.36. The minimum atomic E-state index is -3.45. The van der Waals surface area contributed by atoms with Crippen LogP contribution in [0.15, 0.2) is 42.6 Å². The Bertz CT molecular complexity index is 781. The van der Waals surface area contributed by atoms with E-state index in [1.54, 1.807) is 30.5 Å². The average molecular weight is 401 g/mol. The molecule has 25 heavy (non-hydrogen) atoms. The van der Waals surface area contributed by atoms with Gasteiger partial charge in [-0.05, 0) is 29.3 Å². The lowest BCUT2D eigenvalue weighted by atomic mass is 9.83. The summed E-state index contributed by atoms with van der Waals surface area (Å²) in [7, 11) is -3.45. The van der Waals surface area contributed by atoms with Crippen LogP contribution in [-0.4, -0.2) is 11.6 Å². The summed E-state index contributed by atoms with van der Waals surface area (Å²) in [5, 5.41) is 3.94. The maximum atomic E-state index is 13.0. The standard InChI is InChI=1S/C17H19Cl2N2O3P/c1-17(2)11-23-25(22,21-10-12-3-8-15(19)20-9-12)24-16(17)13-4-6-14(18)7-5-13/h3-9,16H,10-11H2,1-2H3,(H,21,22). The van der Waals surface area contributed by atoms with E-state index >= 15 is 0 Å². The summed E-state index contributed by atoms with van der Waals surface area (Å²) in [6.07, 6.45) is 1.24. The topological polar surface area (TPSA) is 60.5 Å². The van der Waals surface area contributed by atoms with Crippen LogP contribution in [0.4, 0.5) is 0 Å². The fraction of sp³-hybridized carbons (Fsp3) is 0.353. The van der Waals surface area contributed by atoms with Crippen molar-refractivity contribution in [2.75, 3.05) is 6.61 Å². The van der Waals surface area contributed by atoms with Crippen molar-refractivity contribution in [3.05, 3.63) is 63.9 Å². The largest absolute Gasteiger partial charge is 0.406 e. The predicted octanol–water partition coefficient (Wildman–Crippen LogP) is 5.40. The number of rotatable bonds is 4. The molecule has 0 saturated carbocycles. The molecule has 2 heterocycles. The van der Waals surface area contributed by atoms with Gasteiger partial charge in [0.25, 0.3) is 0 Å². The summed E-state index contributed by atoms with van der Waals surface area (Å²) >= 11 is 11.7. The molecule has 0 bridgehead atoms. The monoisotopic (exact) mass is 400 g/mol. The molecular weight excluding hydrogens is 382 g/mol. The molecule has 2 aromatic rings. The first-order chi connectivity index (χ1) is 11.8. The Morgan fingerprint density at radius 2 is 1.96 bits per heavy atom. The number of nitrogens with zero attached hydrogens (tertiary/aromatic N) is 1. The fourth-order valence-corrected chi connectivity index (χ4v) is 4.60. The van der Waals surface area contributed by atoms with E-state index in [1.807, 2.05) is 26.0 Å². The number of hydrogen-bond acceptors (Lipinski definition) is 4. The molecule has 1 saturated heterocycles. The Kier molecular flexibility index (Phi) is 5.54. The van der Waals surface area contributed by atoms with E-state index in [4.69, 9.17) is 32.2 Å². The van der Waals surface area contributed by atoms with E-state index in [1.165, 1.54) is 0 Å². The van der Waals surface area contributed by atoms with Crippen molar-refractivity contribution in [3.8, 4) is 0 Å². The zero-order valence-corrected chi connectivity index (χ0v) is 16.3. The van der Waals surface area contributed by atoms with Gasteiger partial charge in [0.05, 0.1) is 6.61 Å². The van der Waals surface area contributed by atoms with Gasteiger partial charge in [-0.15, -0.1) is 0 Å². The van der Waals surface area contributed by atoms with Crippen LogP contribution >= 0.6 is 30.9 Å². The summed E-state index contributed by atoms with van der Waals surface area (Å²) < 4.78 is 24.4. The first-order valence-electron chi connectivity index (χ1n) is 7.81. The lowest BCUT2D eigenvalue weighted by molar-refractivity contribution is -0.0302. The quantitative estimate of drug-likeness (QED) is 0.549. The lowest BCUT2D eigenvalue weighted by Gasteiger charge is -2.41. The van der Waals surface area contributed by atoms with Gasteiger partial charge in [0, 0.05) is 23.2 Å². The van der Waals surface area contributed by atoms with E-state index < -0.39 is 7.75 Å². The van der Waals surface area contributed by atoms with Gasteiger partial charge in [0.2, 0.25) is 0 Å². The van der Waals surface area contributed by atoms with Crippen molar-refractivity contribution < 1.29 is 13.6 Å².